The van der Waals surface area contributed by atoms with Crippen molar-refractivity contribution in [2.24, 2.45) is 17.3 Å². The van der Waals surface area contributed by atoms with Gasteiger partial charge >= 0.3 is 0 Å². The van der Waals surface area contributed by atoms with Crippen molar-refractivity contribution in [2.45, 2.75) is 50.1 Å². The zero-order valence-corrected chi connectivity index (χ0v) is 14.0. The number of carbonyl (C=O) groups excluding carboxylic acids is 1. The van der Waals surface area contributed by atoms with Crippen LogP contribution < -0.4 is 5.32 Å². The smallest absolute Gasteiger partial charge is 0.225 e. The third kappa shape index (κ3) is 4.01. The maximum atomic E-state index is 12.2. The van der Waals surface area contributed by atoms with Crippen LogP contribution in [0.4, 0.5) is 5.82 Å². The van der Waals surface area contributed by atoms with Gasteiger partial charge in [0.25, 0.3) is 0 Å². The van der Waals surface area contributed by atoms with Gasteiger partial charge in [0.05, 0.1) is 12.3 Å². The number of terminal acetylenes is 1. The fraction of sp³-hybridized carbons (Fsp3) is 0.647. The molecule has 1 aromatic heterocycles. The summed E-state index contributed by atoms with van der Waals surface area (Å²) in [7, 11) is 1.84. The van der Waals surface area contributed by atoms with Crippen molar-refractivity contribution < 1.29 is 9.53 Å². The summed E-state index contributed by atoms with van der Waals surface area (Å²) >= 11 is 0. The lowest BCUT2D eigenvalue weighted by atomic mass is 9.99. The minimum absolute atomic E-state index is 0.0539. The molecule has 3 heterocycles. The topological polar surface area (TPSA) is 80.9 Å². The number of hydrogen-bond acceptors (Lipinski definition) is 5. The number of carbonyl (C=O) groups is 1. The van der Waals surface area contributed by atoms with Gasteiger partial charge in [-0.25, -0.2) is 0 Å². The molecule has 7 nitrogen and oxygen atoms in total. The van der Waals surface area contributed by atoms with Gasteiger partial charge in [-0.3, -0.25) is 9.48 Å². The molecule has 1 atom stereocenters. The number of ether oxygens (including phenoxy) is 1. The number of rotatable bonds is 7. The highest BCUT2D eigenvalue weighted by molar-refractivity contribution is 5.90. The van der Waals surface area contributed by atoms with Crippen molar-refractivity contribution in [1.29, 1.82) is 0 Å². The van der Waals surface area contributed by atoms with Gasteiger partial charge in [-0.15, -0.1) is 12.3 Å². The quantitative estimate of drug-likeness (QED) is 0.781. The summed E-state index contributed by atoms with van der Waals surface area (Å²) in [6.07, 6.45) is 9.71. The Balaban J connectivity index is 1.51. The molecule has 0 aromatic carbocycles. The van der Waals surface area contributed by atoms with Gasteiger partial charge in [-0.1, -0.05) is 0 Å². The third-order valence-electron chi connectivity index (χ3n) is 4.55. The van der Waals surface area contributed by atoms with Crippen molar-refractivity contribution >= 4 is 11.7 Å². The van der Waals surface area contributed by atoms with E-state index in [-0.39, 0.29) is 5.91 Å². The summed E-state index contributed by atoms with van der Waals surface area (Å²) in [6, 6.07) is 1.94. The molecular weight excluding hydrogens is 306 g/mol. The molecule has 0 aliphatic carbocycles. The number of aromatic nitrogens is 2. The van der Waals surface area contributed by atoms with Gasteiger partial charge < -0.3 is 10.1 Å². The van der Waals surface area contributed by atoms with E-state index in [9.17, 15) is 4.79 Å². The predicted octanol–water partition coefficient (Wildman–Crippen LogP) is 2.61. The van der Waals surface area contributed by atoms with Gasteiger partial charge in [0, 0.05) is 51.3 Å². The lowest BCUT2D eigenvalue weighted by Gasteiger charge is -2.19. The number of amides is 1. The van der Waals surface area contributed by atoms with Crippen LogP contribution >= 0.6 is 0 Å². The van der Waals surface area contributed by atoms with E-state index in [1.165, 1.54) is 0 Å². The Bertz CT molecular complexity index is 661. The summed E-state index contributed by atoms with van der Waals surface area (Å²) in [5.74, 6) is 3.56. The number of aryl methyl sites for hydroxylation is 1. The second kappa shape index (κ2) is 7.14. The monoisotopic (exact) mass is 329 g/mol. The van der Waals surface area contributed by atoms with Crippen LogP contribution in [0.2, 0.25) is 0 Å². The van der Waals surface area contributed by atoms with Crippen LogP contribution in [0.5, 0.6) is 0 Å². The number of anilines is 1. The molecule has 1 N–H and O–H groups in total. The van der Waals surface area contributed by atoms with E-state index in [1.54, 1.807) is 4.68 Å². The Morgan fingerprint density at radius 2 is 2.38 bits per heavy atom. The van der Waals surface area contributed by atoms with Gasteiger partial charge in [0.15, 0.2) is 5.66 Å². The van der Waals surface area contributed by atoms with E-state index in [2.05, 4.69) is 26.6 Å². The van der Waals surface area contributed by atoms with E-state index in [1.807, 2.05) is 13.1 Å². The molecule has 128 valence electrons. The summed E-state index contributed by atoms with van der Waals surface area (Å²) < 4.78 is 7.22. The van der Waals surface area contributed by atoms with Crippen molar-refractivity contribution in [1.82, 2.24) is 9.78 Å². The normalized spacial score (nSPS) is 21.2. The molecule has 24 heavy (non-hydrogen) atoms. The van der Waals surface area contributed by atoms with Crippen LogP contribution in [0.15, 0.2) is 16.3 Å². The molecule has 1 saturated heterocycles. The van der Waals surface area contributed by atoms with Gasteiger partial charge in [0.2, 0.25) is 5.91 Å². The standard InChI is InChI=1S/C17H23N5O2/c1-3-4-8-17(20-21-17)9-7-16(23)18-15-11-14(19-22(15)2)13-6-5-10-24-12-13/h1,11,13H,4-10,12H2,2H3,(H,18,23). The molecule has 0 saturated carbocycles. The summed E-state index contributed by atoms with van der Waals surface area (Å²) in [5.41, 5.74) is 0.561. The molecule has 1 unspecified atom stereocenters. The summed E-state index contributed by atoms with van der Waals surface area (Å²) in [6.45, 7) is 1.52. The Hall–Kier alpha value is -2.20. The van der Waals surface area contributed by atoms with Crippen molar-refractivity contribution in [3.63, 3.8) is 0 Å². The SMILES string of the molecule is C#CCCC1(CCC(=O)Nc2cc(C3CCCOC3)nn2C)N=N1. The first kappa shape index (κ1) is 16.7. The highest BCUT2D eigenvalue weighted by Crippen LogP contribution is 2.37. The van der Waals surface area contributed by atoms with E-state index in [4.69, 9.17) is 11.2 Å². The highest BCUT2D eigenvalue weighted by Gasteiger charge is 2.39. The Labute approximate surface area is 141 Å². The van der Waals surface area contributed by atoms with Gasteiger partial charge in [-0.2, -0.15) is 15.3 Å². The van der Waals surface area contributed by atoms with Crippen LogP contribution in [-0.4, -0.2) is 34.6 Å². The lowest BCUT2D eigenvalue weighted by molar-refractivity contribution is -0.116. The van der Waals surface area contributed by atoms with Crippen molar-refractivity contribution in [2.75, 3.05) is 18.5 Å². The minimum atomic E-state index is -0.416. The molecular formula is C17H23N5O2. The van der Waals surface area contributed by atoms with Crippen molar-refractivity contribution in [3.8, 4) is 12.3 Å². The largest absolute Gasteiger partial charge is 0.381 e. The Morgan fingerprint density at radius 3 is 3.04 bits per heavy atom. The second-order valence-corrected chi connectivity index (χ2v) is 6.43. The number of nitrogens with zero attached hydrogens (tertiary/aromatic N) is 4. The zero-order valence-electron chi connectivity index (χ0n) is 14.0. The molecule has 1 amide bonds. The van der Waals surface area contributed by atoms with Gasteiger partial charge in [0.1, 0.15) is 5.82 Å². The fourth-order valence-electron chi connectivity index (χ4n) is 2.97. The van der Waals surface area contributed by atoms with Crippen LogP contribution in [0.25, 0.3) is 0 Å². The fourth-order valence-corrected chi connectivity index (χ4v) is 2.97. The number of nitrogens with one attached hydrogen (secondary N) is 1. The maximum Gasteiger partial charge on any atom is 0.225 e. The van der Waals surface area contributed by atoms with Crippen LogP contribution in [0.1, 0.15) is 50.1 Å². The molecule has 7 heteroatoms. The molecule has 2 aliphatic rings. The van der Waals surface area contributed by atoms with E-state index < -0.39 is 5.66 Å². The minimum Gasteiger partial charge on any atom is -0.381 e. The zero-order chi connectivity index (χ0) is 17.0. The highest BCUT2D eigenvalue weighted by atomic mass is 16.5. The van der Waals surface area contributed by atoms with E-state index in [0.717, 1.165) is 25.1 Å². The first-order chi connectivity index (χ1) is 11.6. The van der Waals surface area contributed by atoms with E-state index >= 15 is 0 Å². The third-order valence-corrected chi connectivity index (χ3v) is 4.55. The average molecular weight is 329 g/mol. The average Bonchev–Trinajstić information content (AvgIpc) is 3.29. The van der Waals surface area contributed by atoms with Crippen molar-refractivity contribution in [3.05, 3.63) is 11.8 Å². The molecule has 0 spiro atoms. The summed E-state index contributed by atoms with van der Waals surface area (Å²) in [5, 5.41) is 15.5. The molecule has 0 bridgehead atoms. The molecule has 1 fully saturated rings. The maximum absolute atomic E-state index is 12.2. The van der Waals surface area contributed by atoms with Crippen LogP contribution in [-0.2, 0) is 16.6 Å². The van der Waals surface area contributed by atoms with Gasteiger partial charge in [-0.05, 0) is 12.8 Å². The first-order valence-electron chi connectivity index (χ1n) is 8.41. The van der Waals surface area contributed by atoms with Crippen LogP contribution in [0, 0.1) is 12.3 Å². The van der Waals surface area contributed by atoms with Crippen LogP contribution in [0.3, 0.4) is 0 Å². The Morgan fingerprint density at radius 1 is 1.54 bits per heavy atom. The molecule has 3 rings (SSSR count). The lowest BCUT2D eigenvalue weighted by Crippen LogP contribution is -2.18. The first-order valence-corrected chi connectivity index (χ1v) is 8.41. The predicted molar refractivity (Wildman–Crippen MR) is 89.5 cm³/mol. The second-order valence-electron chi connectivity index (χ2n) is 6.43. The molecule has 0 radical (unpaired) electrons. The van der Waals surface area contributed by atoms with E-state index in [0.29, 0.717) is 44.0 Å². The Kier molecular flexibility index (Phi) is 4.95. The molecule has 2 aliphatic heterocycles. The summed E-state index contributed by atoms with van der Waals surface area (Å²) in [4.78, 5) is 12.2. The number of hydrogen-bond donors (Lipinski definition) is 1. The molecule has 1 aromatic rings.